The Kier molecular flexibility index (Phi) is 11.8. The number of aliphatic imine (C=N–C) groups is 1. The fourth-order valence-corrected chi connectivity index (χ4v) is 10.3. The normalized spacial score (nSPS) is 28.2. The standard InChI is InChI=1S/C43H56F2N8O5S/c1-7-52-35-11-10-27-17-29(35)31(39(52)30-18-28(21-46-38(30)26(4)57-6)51-15-13-50(5)14-16-51)20-43(44,45)23-58-42(56)32-9-8-12-53(49-32)41(55)33(19-36-47-34(27)22-59-36)48-40(54)37-24(2)25(37)3/h10-11,17-18,21,24-26,32-34,37,49H,7-9,12-16,19-20,22-23H2,1-6H3,(H,48,54)/t24-,25+,26-,32-,33-,34?,37+/m0/s1. The zero-order valence-electron chi connectivity index (χ0n) is 34.8. The third-order valence-electron chi connectivity index (χ3n) is 13.1. The van der Waals surface area contributed by atoms with Crippen LogP contribution in [-0.2, 0) is 36.8 Å². The summed E-state index contributed by atoms with van der Waals surface area (Å²) in [5.41, 5.74) is 7.94. The number of amides is 2. The third kappa shape index (κ3) is 8.34. The predicted molar refractivity (Wildman–Crippen MR) is 224 cm³/mol. The van der Waals surface area contributed by atoms with Crippen molar-refractivity contribution in [1.82, 2.24) is 30.2 Å². The summed E-state index contributed by atoms with van der Waals surface area (Å²) in [6.45, 7) is 11.0. The average molecular weight is 835 g/mol. The Morgan fingerprint density at radius 3 is 2.61 bits per heavy atom. The molecule has 2 aromatic heterocycles. The minimum atomic E-state index is -3.46. The number of methoxy groups -OCH3 is 1. The van der Waals surface area contributed by atoms with Crippen molar-refractivity contribution in [2.75, 3.05) is 64.1 Å². The first kappa shape index (κ1) is 41.6. The molecule has 5 aliphatic rings. The number of rotatable bonds is 7. The number of halogens is 2. The Balaban J connectivity index is 1.24. The van der Waals surface area contributed by atoms with Gasteiger partial charge in [0.2, 0.25) is 5.91 Å². The molecule has 1 aromatic carbocycles. The van der Waals surface area contributed by atoms with E-state index >= 15 is 8.78 Å². The highest BCUT2D eigenvalue weighted by Crippen LogP contribution is 2.46. The van der Waals surface area contributed by atoms with Crippen LogP contribution in [0.25, 0.3) is 22.2 Å². The minimum absolute atomic E-state index is 0.178. The van der Waals surface area contributed by atoms with E-state index in [1.807, 2.05) is 52.1 Å². The van der Waals surface area contributed by atoms with Crippen LogP contribution < -0.4 is 15.6 Å². The number of nitrogens with one attached hydrogen (secondary N) is 2. The van der Waals surface area contributed by atoms with Gasteiger partial charge in [-0.25, -0.2) is 14.2 Å². The number of benzene rings is 1. The lowest BCUT2D eigenvalue weighted by atomic mass is 9.95. The van der Waals surface area contributed by atoms with E-state index in [9.17, 15) is 14.4 Å². The lowest BCUT2D eigenvalue weighted by molar-refractivity contribution is -0.162. The second-order valence-corrected chi connectivity index (χ2v) is 18.0. The Morgan fingerprint density at radius 2 is 1.90 bits per heavy atom. The van der Waals surface area contributed by atoms with Gasteiger partial charge >= 0.3 is 5.97 Å². The van der Waals surface area contributed by atoms with Gasteiger partial charge in [-0.05, 0) is 74.9 Å². The molecule has 6 heterocycles. The van der Waals surface area contributed by atoms with E-state index in [1.165, 1.54) is 16.8 Å². The lowest BCUT2D eigenvalue weighted by Crippen LogP contribution is -2.60. The number of thioether (sulfide) groups is 1. The molecule has 16 heteroatoms. The van der Waals surface area contributed by atoms with Gasteiger partial charge < -0.3 is 29.2 Å². The number of esters is 1. The number of hydrazine groups is 1. The van der Waals surface area contributed by atoms with E-state index in [4.69, 9.17) is 19.5 Å². The van der Waals surface area contributed by atoms with E-state index in [1.54, 1.807) is 7.11 Å². The van der Waals surface area contributed by atoms with Gasteiger partial charge in [-0.1, -0.05) is 19.9 Å². The Labute approximate surface area is 348 Å². The molecule has 2 N–H and O–H groups in total. The summed E-state index contributed by atoms with van der Waals surface area (Å²) >= 11 is 1.54. The van der Waals surface area contributed by atoms with Crippen LogP contribution in [0.4, 0.5) is 14.5 Å². The van der Waals surface area contributed by atoms with Crippen molar-refractivity contribution in [2.45, 2.75) is 90.1 Å². The van der Waals surface area contributed by atoms with E-state index in [0.717, 1.165) is 53.6 Å². The fourth-order valence-electron chi connectivity index (χ4n) is 9.17. The summed E-state index contributed by atoms with van der Waals surface area (Å²) in [4.78, 5) is 55.6. The van der Waals surface area contributed by atoms with Crippen LogP contribution in [0.3, 0.4) is 0 Å². The average Bonchev–Trinajstić information content (AvgIpc) is 3.50. The van der Waals surface area contributed by atoms with Gasteiger partial charge in [-0.3, -0.25) is 29.4 Å². The molecule has 318 valence electrons. The van der Waals surface area contributed by atoms with Gasteiger partial charge in [-0.2, -0.15) is 0 Å². The molecule has 1 saturated carbocycles. The van der Waals surface area contributed by atoms with Gasteiger partial charge in [0, 0.05) is 87.4 Å². The number of alkyl halides is 2. The van der Waals surface area contributed by atoms with E-state index in [-0.39, 0.29) is 42.7 Å². The minimum Gasteiger partial charge on any atom is -0.458 e. The maximum absolute atomic E-state index is 16.6. The number of anilines is 1. The number of aryl methyl sites for hydroxylation is 1. The Morgan fingerprint density at radius 1 is 1.14 bits per heavy atom. The fraction of sp³-hybridized carbons (Fsp3) is 0.605. The molecule has 3 fully saturated rings. The molecule has 2 amide bonds. The van der Waals surface area contributed by atoms with Crippen molar-refractivity contribution < 1.29 is 32.6 Å². The monoisotopic (exact) mass is 834 g/mol. The number of carbonyl (C=O) groups is 3. The molecular formula is C43H56F2N8O5S. The van der Waals surface area contributed by atoms with E-state index in [2.05, 4.69) is 38.2 Å². The number of nitrogens with zero attached hydrogens (tertiary/aromatic N) is 6. The number of likely N-dealkylation sites (N-methyl/N-ethyl adjacent to an activating group) is 1. The zero-order valence-corrected chi connectivity index (χ0v) is 35.6. The van der Waals surface area contributed by atoms with Crippen molar-refractivity contribution in [3.05, 3.63) is 47.3 Å². The topological polar surface area (TPSA) is 134 Å². The molecule has 13 nitrogen and oxygen atoms in total. The highest BCUT2D eigenvalue weighted by molar-refractivity contribution is 8.14. The molecule has 0 radical (unpaired) electrons. The molecule has 7 atom stereocenters. The SMILES string of the molecule is CCn1c(-c2cc(N3CCN(C)CC3)cnc2[C@H](C)OC)c2c3cc(ccc31)C1CSC(=N1)C[C@H](NC(=O)[C@H]1[C@H](C)[C@@H]1C)C(=O)N1CCC[C@H](N1)C(=O)OCC(F)(F)C2. The third-order valence-corrected chi connectivity index (χ3v) is 14.2. The molecule has 0 spiro atoms. The second-order valence-electron chi connectivity index (χ2n) is 17.0. The van der Waals surface area contributed by atoms with Crippen LogP contribution in [0.1, 0.15) is 75.9 Å². The van der Waals surface area contributed by atoms with Crippen molar-refractivity contribution in [1.29, 1.82) is 0 Å². The number of ether oxygens (including phenoxy) is 2. The first-order chi connectivity index (χ1) is 28.3. The predicted octanol–water partition coefficient (Wildman–Crippen LogP) is 5.38. The van der Waals surface area contributed by atoms with E-state index < -0.39 is 49.0 Å². The number of carbonyl (C=O) groups excluding carboxylic acids is 3. The number of fused-ring (bicyclic) bond motifs is 5. The van der Waals surface area contributed by atoms with Gasteiger partial charge in [0.1, 0.15) is 12.1 Å². The Hall–Kier alpha value is -4.12. The van der Waals surface area contributed by atoms with Crippen molar-refractivity contribution in [2.24, 2.45) is 22.7 Å². The van der Waals surface area contributed by atoms with Crippen molar-refractivity contribution in [3.63, 3.8) is 0 Å². The number of hydrogen-bond acceptors (Lipinski definition) is 11. The summed E-state index contributed by atoms with van der Waals surface area (Å²) in [7, 11) is 3.71. The lowest BCUT2D eigenvalue weighted by Gasteiger charge is -2.35. The smallest absolute Gasteiger partial charge is 0.325 e. The first-order valence-corrected chi connectivity index (χ1v) is 22.0. The van der Waals surface area contributed by atoms with Crippen LogP contribution >= 0.6 is 11.8 Å². The van der Waals surface area contributed by atoms with Crippen LogP contribution in [0, 0.1) is 17.8 Å². The number of hydrogen-bond donors (Lipinski definition) is 2. The first-order valence-electron chi connectivity index (χ1n) is 21.0. The summed E-state index contributed by atoms with van der Waals surface area (Å²) < 4.78 is 46.5. The highest BCUT2D eigenvalue weighted by Gasteiger charge is 2.49. The number of pyridine rings is 1. The summed E-state index contributed by atoms with van der Waals surface area (Å²) in [6.07, 6.45) is 1.68. The molecular weight excluding hydrogens is 779 g/mol. The summed E-state index contributed by atoms with van der Waals surface area (Å²) in [6, 6.07) is 5.81. The van der Waals surface area contributed by atoms with Gasteiger partial charge in [-0.15, -0.1) is 11.8 Å². The summed E-state index contributed by atoms with van der Waals surface area (Å²) in [5, 5.41) is 5.74. The van der Waals surface area contributed by atoms with Crippen molar-refractivity contribution in [3.8, 4) is 11.3 Å². The molecule has 1 aliphatic carbocycles. The quantitative estimate of drug-likeness (QED) is 0.300. The van der Waals surface area contributed by atoms with Crippen LogP contribution in [0.5, 0.6) is 0 Å². The number of piperazine rings is 1. The molecule has 6 bridgehead atoms. The molecule has 4 aliphatic heterocycles. The van der Waals surface area contributed by atoms with E-state index in [0.29, 0.717) is 47.5 Å². The molecule has 3 aromatic rings. The number of aromatic nitrogens is 2. The second kappa shape index (κ2) is 16.7. The van der Waals surface area contributed by atoms with Crippen LogP contribution in [0.2, 0.25) is 0 Å². The zero-order chi connectivity index (χ0) is 41.7. The van der Waals surface area contributed by atoms with Crippen LogP contribution in [-0.4, -0.2) is 120 Å². The maximum atomic E-state index is 16.6. The Bertz CT molecular complexity index is 2130. The molecule has 8 rings (SSSR count). The van der Waals surface area contributed by atoms with Crippen molar-refractivity contribution >= 4 is 51.2 Å². The van der Waals surface area contributed by atoms with Gasteiger partial charge in [0.15, 0.2) is 6.61 Å². The van der Waals surface area contributed by atoms with Gasteiger partial charge in [0.25, 0.3) is 11.8 Å². The largest absolute Gasteiger partial charge is 0.458 e. The van der Waals surface area contributed by atoms with Crippen LogP contribution in [0.15, 0.2) is 35.5 Å². The molecule has 2 saturated heterocycles. The maximum Gasteiger partial charge on any atom is 0.325 e. The molecule has 1 unspecified atom stereocenters. The summed E-state index contributed by atoms with van der Waals surface area (Å²) in [5.74, 6) is -4.05. The highest BCUT2D eigenvalue weighted by atomic mass is 32.2. The number of cyclic esters (lactones) is 1. The van der Waals surface area contributed by atoms with Gasteiger partial charge in [0.05, 0.1) is 40.5 Å². The molecule has 59 heavy (non-hydrogen) atoms.